The molecule has 0 bridgehead atoms. The summed E-state index contributed by atoms with van der Waals surface area (Å²) in [6.07, 6.45) is 3.55. The zero-order valence-corrected chi connectivity index (χ0v) is 12.2. The first kappa shape index (κ1) is 13.1. The number of hydrogen-bond donors (Lipinski definition) is 1. The van der Waals surface area contributed by atoms with Gasteiger partial charge in [-0.05, 0) is 48.0 Å². The Kier molecular flexibility index (Phi) is 3.17. The van der Waals surface area contributed by atoms with Crippen molar-refractivity contribution >= 4 is 22.4 Å². The maximum absolute atomic E-state index is 12.3. The van der Waals surface area contributed by atoms with E-state index in [9.17, 15) is 9.59 Å². The minimum atomic E-state index is -0.364. The van der Waals surface area contributed by atoms with Crippen LogP contribution in [0, 0.1) is 0 Å². The highest BCUT2D eigenvalue weighted by molar-refractivity contribution is 7.10. The van der Waals surface area contributed by atoms with Gasteiger partial charge in [0.05, 0.1) is 0 Å². The third kappa shape index (κ3) is 2.06. The second-order valence-corrected chi connectivity index (χ2v) is 5.93. The second kappa shape index (κ2) is 4.86. The zero-order chi connectivity index (χ0) is 14.3. The van der Waals surface area contributed by atoms with Gasteiger partial charge in [0.1, 0.15) is 10.6 Å². The number of anilines is 1. The number of nitrogens with one attached hydrogen (secondary N) is 1. The molecule has 0 aliphatic heterocycles. The lowest BCUT2D eigenvalue weighted by atomic mass is 10.0. The van der Waals surface area contributed by atoms with Crippen LogP contribution in [0.1, 0.15) is 40.9 Å². The minimum absolute atomic E-state index is 0.202. The number of aromatic nitrogens is 2. The van der Waals surface area contributed by atoms with E-state index in [4.69, 9.17) is 0 Å². The lowest BCUT2D eigenvalue weighted by Crippen LogP contribution is -2.29. The molecule has 1 N–H and O–H groups in total. The first-order chi connectivity index (χ1) is 9.58. The topological polar surface area (TPSA) is 64.0 Å². The van der Waals surface area contributed by atoms with Gasteiger partial charge in [0.15, 0.2) is 0 Å². The summed E-state index contributed by atoms with van der Waals surface area (Å²) in [5.41, 5.74) is 2.13. The van der Waals surface area contributed by atoms with Crippen LogP contribution in [0.3, 0.4) is 0 Å². The molecule has 2 aromatic rings. The van der Waals surface area contributed by atoms with Gasteiger partial charge in [-0.3, -0.25) is 9.59 Å². The summed E-state index contributed by atoms with van der Waals surface area (Å²) in [4.78, 5) is 24.5. The van der Waals surface area contributed by atoms with Crippen molar-refractivity contribution in [3.05, 3.63) is 45.5 Å². The normalized spacial score (nSPS) is 17.0. The van der Waals surface area contributed by atoms with Crippen LogP contribution in [0.5, 0.6) is 0 Å². The molecule has 20 heavy (non-hydrogen) atoms. The quantitative estimate of drug-likeness (QED) is 0.921. The number of carbonyl (C=O) groups is 1. The maximum Gasteiger partial charge on any atom is 0.263 e. The molecule has 0 unspecified atom stereocenters. The van der Waals surface area contributed by atoms with Crippen molar-refractivity contribution in [1.82, 2.24) is 8.94 Å². The Bertz CT molecular complexity index is 719. The average molecular weight is 289 g/mol. The molecule has 2 aromatic heterocycles. The third-order valence-corrected chi connectivity index (χ3v) is 4.50. The second-order valence-electron chi connectivity index (χ2n) is 5.09. The molecule has 0 aromatic carbocycles. The molecule has 0 radical (unpaired) electrons. The van der Waals surface area contributed by atoms with Gasteiger partial charge >= 0.3 is 0 Å². The molecule has 1 aliphatic carbocycles. The van der Waals surface area contributed by atoms with Crippen molar-refractivity contribution in [3.8, 4) is 0 Å². The maximum atomic E-state index is 12.3. The summed E-state index contributed by atoms with van der Waals surface area (Å²) in [6, 6.07) is 3.47. The fourth-order valence-electron chi connectivity index (χ4n) is 2.67. The number of carbonyl (C=O) groups excluding carboxylic acids is 1. The number of hydrogen-bond acceptors (Lipinski definition) is 4. The Balaban J connectivity index is 2.02. The van der Waals surface area contributed by atoms with Gasteiger partial charge in [-0.25, -0.2) is 0 Å². The van der Waals surface area contributed by atoms with E-state index in [1.807, 2.05) is 0 Å². The van der Waals surface area contributed by atoms with E-state index in [2.05, 4.69) is 16.6 Å². The van der Waals surface area contributed by atoms with Crippen molar-refractivity contribution in [2.24, 2.45) is 7.05 Å². The summed E-state index contributed by atoms with van der Waals surface area (Å²) < 4.78 is 5.53. The lowest BCUT2D eigenvalue weighted by Gasteiger charge is -2.11. The fourth-order valence-corrected chi connectivity index (χ4v) is 3.16. The Hall–Kier alpha value is -1.95. The number of nitrogens with zero attached hydrogens (tertiary/aromatic N) is 2. The van der Waals surface area contributed by atoms with Crippen LogP contribution in [0.4, 0.5) is 5.00 Å². The molecule has 1 amide bonds. The zero-order valence-electron chi connectivity index (χ0n) is 11.3. The van der Waals surface area contributed by atoms with Crippen molar-refractivity contribution in [2.45, 2.75) is 25.7 Å². The summed E-state index contributed by atoms with van der Waals surface area (Å²) in [5, 5.41) is 3.36. The molecule has 0 saturated heterocycles. The highest BCUT2D eigenvalue weighted by Crippen LogP contribution is 2.31. The number of amides is 1. The number of fused-ring (bicyclic) bond motifs is 1. The highest BCUT2D eigenvalue weighted by Gasteiger charge is 2.25. The number of pyridine rings is 1. The molecular formula is C14H15N3O2S. The first-order valence-electron chi connectivity index (χ1n) is 6.52. The molecule has 0 saturated carbocycles. The van der Waals surface area contributed by atoms with E-state index in [-0.39, 0.29) is 17.0 Å². The van der Waals surface area contributed by atoms with Crippen LogP contribution in [0.2, 0.25) is 0 Å². The summed E-state index contributed by atoms with van der Waals surface area (Å²) in [5.74, 6) is 0.0310. The molecule has 1 atom stereocenters. The van der Waals surface area contributed by atoms with Gasteiger partial charge in [-0.1, -0.05) is 6.92 Å². The molecule has 3 rings (SSSR count). The van der Waals surface area contributed by atoms with Crippen LogP contribution < -0.4 is 10.9 Å². The molecule has 6 heteroatoms. The van der Waals surface area contributed by atoms with Gasteiger partial charge in [-0.15, -0.1) is 0 Å². The summed E-state index contributed by atoms with van der Waals surface area (Å²) in [7, 11) is 1.74. The van der Waals surface area contributed by atoms with Crippen molar-refractivity contribution in [3.63, 3.8) is 0 Å². The van der Waals surface area contributed by atoms with Crippen LogP contribution in [0.15, 0.2) is 23.1 Å². The molecule has 0 spiro atoms. The Morgan fingerprint density at radius 2 is 2.35 bits per heavy atom. The van der Waals surface area contributed by atoms with E-state index in [1.54, 1.807) is 29.9 Å². The largest absolute Gasteiger partial charge is 0.315 e. The third-order valence-electron chi connectivity index (χ3n) is 3.84. The van der Waals surface area contributed by atoms with Crippen LogP contribution in [0.25, 0.3) is 0 Å². The average Bonchev–Trinajstić information content (AvgIpc) is 3.04. The van der Waals surface area contributed by atoms with Gasteiger partial charge in [0, 0.05) is 18.9 Å². The molecule has 2 heterocycles. The van der Waals surface area contributed by atoms with Gasteiger partial charge in [0.2, 0.25) is 0 Å². The van der Waals surface area contributed by atoms with E-state index >= 15 is 0 Å². The summed E-state index contributed by atoms with van der Waals surface area (Å²) in [6.45, 7) is 2.13. The predicted octanol–water partition coefficient (Wildman–Crippen LogP) is 2.14. The molecule has 104 valence electrons. The standard InChI is InChI=1S/C14H15N3O2S/c1-8-3-4-11-9(8)7-10(14(19)17(11)2)13(18)16-12-5-6-15-20-12/h5-8H,3-4H2,1-2H3,(H,16,18)/t8-/m0/s1. The molecule has 0 fully saturated rings. The van der Waals surface area contributed by atoms with E-state index < -0.39 is 0 Å². The SMILES string of the molecule is C[C@H]1CCc2c1cc(C(=O)Nc1ccns1)c(=O)n2C. The van der Waals surface area contributed by atoms with E-state index in [0.717, 1.165) is 24.1 Å². The van der Waals surface area contributed by atoms with Crippen LogP contribution in [-0.2, 0) is 13.5 Å². The Morgan fingerprint density at radius 1 is 1.55 bits per heavy atom. The minimum Gasteiger partial charge on any atom is -0.315 e. The summed E-state index contributed by atoms with van der Waals surface area (Å²) >= 11 is 1.19. The first-order valence-corrected chi connectivity index (χ1v) is 7.30. The van der Waals surface area contributed by atoms with Gasteiger partial charge in [0.25, 0.3) is 11.5 Å². The molecule has 1 aliphatic rings. The Morgan fingerprint density at radius 3 is 3.05 bits per heavy atom. The highest BCUT2D eigenvalue weighted by atomic mass is 32.1. The predicted molar refractivity (Wildman–Crippen MR) is 78.5 cm³/mol. The Labute approximate surface area is 120 Å². The van der Waals surface area contributed by atoms with Crippen molar-refractivity contribution < 1.29 is 4.79 Å². The van der Waals surface area contributed by atoms with E-state index in [0.29, 0.717) is 10.9 Å². The monoisotopic (exact) mass is 289 g/mol. The number of rotatable bonds is 2. The smallest absolute Gasteiger partial charge is 0.263 e. The molecule has 5 nitrogen and oxygen atoms in total. The van der Waals surface area contributed by atoms with E-state index in [1.165, 1.54) is 11.5 Å². The van der Waals surface area contributed by atoms with Crippen LogP contribution >= 0.6 is 11.5 Å². The van der Waals surface area contributed by atoms with Crippen LogP contribution in [-0.4, -0.2) is 14.8 Å². The fraction of sp³-hybridized carbons (Fsp3) is 0.357. The van der Waals surface area contributed by atoms with Crippen molar-refractivity contribution in [2.75, 3.05) is 5.32 Å². The molecular weight excluding hydrogens is 274 g/mol. The lowest BCUT2D eigenvalue weighted by molar-refractivity contribution is 0.102. The van der Waals surface area contributed by atoms with Gasteiger partial charge < -0.3 is 9.88 Å². The van der Waals surface area contributed by atoms with Crippen molar-refractivity contribution in [1.29, 1.82) is 0 Å². The van der Waals surface area contributed by atoms with Gasteiger partial charge in [-0.2, -0.15) is 4.37 Å².